The predicted molar refractivity (Wildman–Crippen MR) is 32.9 cm³/mol. The molecule has 5 heteroatoms. The van der Waals surface area contributed by atoms with Crippen molar-refractivity contribution in [2.24, 2.45) is 0 Å². The molecule has 1 N–H and O–H groups in total. The summed E-state index contributed by atoms with van der Waals surface area (Å²) in [4.78, 5) is 0. The van der Waals surface area contributed by atoms with Gasteiger partial charge >= 0.3 is 29.6 Å². The first-order chi connectivity index (χ1) is 3.77. The molecule has 9 heavy (non-hydrogen) atoms. The molecule has 0 aliphatic rings. The molecule has 1 atom stereocenters. The van der Waals surface area contributed by atoms with Gasteiger partial charge < -0.3 is 5.98 Å². The van der Waals surface area contributed by atoms with Crippen LogP contribution in [0.3, 0.4) is 0 Å². The topological polar surface area (TPSA) is 52.2 Å². The Bertz CT molecular complexity index is 85.7. The second-order valence-electron chi connectivity index (χ2n) is 1.48. The Balaban J connectivity index is -0.000000245. The number of hydrogen-bond donors (Lipinski definition) is 1. The molecule has 0 rings (SSSR count). The van der Waals surface area contributed by atoms with E-state index in [9.17, 15) is 8.76 Å². The summed E-state index contributed by atoms with van der Waals surface area (Å²) < 4.78 is 21.8. The second kappa shape index (κ2) is 9.07. The first kappa shape index (κ1) is 12.7. The van der Waals surface area contributed by atoms with Crippen molar-refractivity contribution >= 4 is 11.3 Å². The van der Waals surface area contributed by atoms with Crippen LogP contribution in [0.15, 0.2) is 0 Å². The van der Waals surface area contributed by atoms with Crippen LogP contribution in [0.2, 0.25) is 0 Å². The van der Waals surface area contributed by atoms with E-state index < -0.39 is 11.3 Å². The molecular formula is C4H11NNaO2S-. The molecule has 0 aromatic heterocycles. The Morgan fingerprint density at radius 1 is 1.78 bits per heavy atom. The van der Waals surface area contributed by atoms with Crippen molar-refractivity contribution in [1.29, 1.82) is 0 Å². The summed E-state index contributed by atoms with van der Waals surface area (Å²) in [5.41, 5.74) is 0. The van der Waals surface area contributed by atoms with Crippen LogP contribution in [0.1, 0.15) is 21.2 Å². The van der Waals surface area contributed by atoms with E-state index >= 15 is 0 Å². The number of rotatable bonds is 4. The Morgan fingerprint density at radius 3 is 2.67 bits per heavy atom. The van der Waals surface area contributed by atoms with Crippen molar-refractivity contribution < 1.29 is 39.7 Å². The Labute approximate surface area is 81.8 Å². The van der Waals surface area contributed by atoms with Gasteiger partial charge in [-0.15, -0.1) is 0 Å². The fraction of sp³-hybridized carbons (Fsp3) is 1.00. The molecule has 0 amide bonds. The van der Waals surface area contributed by atoms with Crippen LogP contribution in [-0.2, 0) is 11.3 Å². The zero-order valence-corrected chi connectivity index (χ0v) is 8.66. The van der Waals surface area contributed by atoms with Crippen LogP contribution in [0, 0.1) is 0 Å². The second-order valence-corrected chi connectivity index (χ2v) is 2.24. The van der Waals surface area contributed by atoms with Gasteiger partial charge in [-0.1, -0.05) is 13.3 Å². The molecule has 0 saturated heterocycles. The van der Waals surface area contributed by atoms with E-state index in [2.05, 4.69) is 4.72 Å². The van der Waals surface area contributed by atoms with Gasteiger partial charge in [-0.25, -0.2) is 4.72 Å². The van der Waals surface area contributed by atoms with E-state index in [0.717, 1.165) is 12.8 Å². The van der Waals surface area contributed by atoms with E-state index in [4.69, 9.17) is 0 Å². The Morgan fingerprint density at radius 2 is 2.33 bits per heavy atom. The van der Waals surface area contributed by atoms with Gasteiger partial charge in [0.05, 0.1) is 0 Å². The fourth-order valence-corrected chi connectivity index (χ4v) is 0.643. The Hall–Kier alpha value is 1.07. The van der Waals surface area contributed by atoms with Gasteiger partial charge in [0, 0.05) is 17.8 Å². The van der Waals surface area contributed by atoms with E-state index in [1.165, 1.54) is 0 Å². The third-order valence-corrected chi connectivity index (χ3v) is 1.19. The van der Waals surface area contributed by atoms with Gasteiger partial charge in [0.25, 0.3) is 0 Å². The minimum Gasteiger partial charge on any atom is -1.00 e. The number of hydrogen-bond acceptors (Lipinski definition) is 2. The van der Waals surface area contributed by atoms with Crippen LogP contribution in [0.4, 0.5) is 0 Å². The van der Waals surface area contributed by atoms with E-state index in [0.29, 0.717) is 6.54 Å². The molecule has 0 heterocycles. The average molecular weight is 160 g/mol. The summed E-state index contributed by atoms with van der Waals surface area (Å²) in [6, 6.07) is 0. The molecule has 0 spiro atoms. The van der Waals surface area contributed by atoms with E-state index in [1.807, 2.05) is 6.92 Å². The first-order valence-corrected chi connectivity index (χ1v) is 3.67. The van der Waals surface area contributed by atoms with Crippen molar-refractivity contribution in [3.63, 3.8) is 0 Å². The minimum absolute atomic E-state index is 0. The van der Waals surface area contributed by atoms with Crippen LogP contribution in [0.5, 0.6) is 0 Å². The third-order valence-electron chi connectivity index (χ3n) is 0.750. The smallest absolute Gasteiger partial charge is 1.00 e. The quantitative estimate of drug-likeness (QED) is 0.276. The maximum atomic E-state index is 9.76. The molecule has 1 unspecified atom stereocenters. The molecule has 52 valence electrons. The third kappa shape index (κ3) is 12.3. The zero-order valence-electron chi connectivity index (χ0n) is 6.85. The summed E-state index contributed by atoms with van der Waals surface area (Å²) in [6.45, 7) is 2.57. The van der Waals surface area contributed by atoms with Gasteiger partial charge in [-0.05, 0) is 6.42 Å². The standard InChI is InChI=1S/C4H11NO2S.Na.H/c1-2-3-4-5-8(6)7;;/h5H,2-4H2,1H3,(H,6,7);;/q;+1;-1/p-1. The van der Waals surface area contributed by atoms with E-state index in [-0.39, 0.29) is 31.0 Å². The molecule has 0 aliphatic heterocycles. The number of unbranched alkanes of at least 4 members (excludes halogenated alkanes) is 1. The maximum absolute atomic E-state index is 9.76. The van der Waals surface area contributed by atoms with Crippen molar-refractivity contribution in [3.8, 4) is 0 Å². The van der Waals surface area contributed by atoms with Crippen molar-refractivity contribution in [2.45, 2.75) is 19.8 Å². The van der Waals surface area contributed by atoms with Crippen molar-refractivity contribution in [1.82, 2.24) is 4.72 Å². The molecule has 0 saturated carbocycles. The summed E-state index contributed by atoms with van der Waals surface area (Å²) in [7, 11) is 0. The number of nitrogens with one attached hydrogen (secondary N) is 1. The van der Waals surface area contributed by atoms with Gasteiger partial charge in [0.2, 0.25) is 0 Å². The van der Waals surface area contributed by atoms with Crippen LogP contribution in [-0.4, -0.2) is 15.3 Å². The molecule has 0 radical (unpaired) electrons. The maximum Gasteiger partial charge on any atom is 1.00 e. The van der Waals surface area contributed by atoms with Crippen LogP contribution in [0.25, 0.3) is 0 Å². The van der Waals surface area contributed by atoms with Gasteiger partial charge in [0.15, 0.2) is 0 Å². The van der Waals surface area contributed by atoms with Crippen LogP contribution < -0.4 is 34.3 Å². The zero-order chi connectivity index (χ0) is 6.41. The average Bonchev–Trinajstić information content (AvgIpc) is 1.66. The van der Waals surface area contributed by atoms with Crippen molar-refractivity contribution in [3.05, 3.63) is 0 Å². The summed E-state index contributed by atoms with van der Waals surface area (Å²) in [5, 5.41) is 0. The molecule has 3 nitrogen and oxygen atoms in total. The molecular weight excluding hydrogens is 149 g/mol. The summed E-state index contributed by atoms with van der Waals surface area (Å²) >= 11 is -2.07. The molecule has 0 fully saturated rings. The summed E-state index contributed by atoms with van der Waals surface area (Å²) in [5.74, 6) is 0. The van der Waals surface area contributed by atoms with Gasteiger partial charge in [0.1, 0.15) is 0 Å². The Kier molecular flexibility index (Phi) is 12.8. The molecule has 0 bridgehead atoms. The monoisotopic (exact) mass is 160 g/mol. The molecule has 0 aliphatic carbocycles. The van der Waals surface area contributed by atoms with E-state index in [1.54, 1.807) is 0 Å². The predicted octanol–water partition coefficient (Wildman–Crippen LogP) is -2.71. The first-order valence-electron chi connectivity index (χ1n) is 2.60. The minimum atomic E-state index is -2.07. The fourth-order valence-electron chi connectivity index (χ4n) is 0.332. The van der Waals surface area contributed by atoms with Gasteiger partial charge in [-0.3, -0.25) is 4.21 Å². The largest absolute Gasteiger partial charge is 1.00 e. The van der Waals surface area contributed by atoms with Gasteiger partial charge in [-0.2, -0.15) is 0 Å². The summed E-state index contributed by atoms with van der Waals surface area (Å²) in [6.07, 6.45) is 1.93. The molecule has 0 aromatic carbocycles. The normalized spacial score (nSPS) is 12.2. The van der Waals surface area contributed by atoms with Crippen molar-refractivity contribution in [2.75, 3.05) is 6.54 Å². The SMILES string of the molecule is CCCCNS(=O)[O-].[H-].[Na+]. The van der Waals surface area contributed by atoms with Crippen LogP contribution >= 0.6 is 0 Å². The molecule has 0 aromatic rings.